The number of Topliss-reactive ketones (excluding diaryl/α,β-unsaturated/α-hetero) is 2. The summed E-state index contributed by atoms with van der Waals surface area (Å²) in [6.07, 6.45) is 4.29. The Kier molecular flexibility index (Phi) is 31.9. The predicted octanol–water partition coefficient (Wildman–Crippen LogP) is 6.63. The van der Waals surface area contributed by atoms with Gasteiger partial charge in [0.2, 0.25) is 29.5 Å². The molecule has 0 spiro atoms. The zero-order chi connectivity index (χ0) is 71.6. The minimum atomic E-state index is -0.973. The lowest BCUT2D eigenvalue weighted by molar-refractivity contribution is -0.149. The number of ether oxygens (including phenoxy) is 3. The number of ketones is 2. The van der Waals surface area contributed by atoms with Gasteiger partial charge in [0.15, 0.2) is 17.4 Å². The molecular weight excluding hydrogens is 1250 g/mol. The Bertz CT molecular complexity index is 3110. The van der Waals surface area contributed by atoms with Gasteiger partial charge < -0.3 is 55.9 Å². The molecule has 0 saturated carbocycles. The molecule has 0 bridgehead atoms. The molecule has 11 atom stereocenters. The van der Waals surface area contributed by atoms with Crippen LogP contribution in [0, 0.1) is 41.4 Å². The molecule has 3 unspecified atom stereocenters. The van der Waals surface area contributed by atoms with E-state index in [4.69, 9.17) is 19.9 Å². The molecule has 27 nitrogen and oxygen atoms in total. The number of primary amides is 1. The number of aromatic nitrogens is 4. The third kappa shape index (κ3) is 23.4. The number of unbranched alkanes of at least 4 members (excludes halogenated alkanes) is 2. The SMILES string of the molecule is CC[C@H](C)[C@@H]([C@@H](CC(=O)N1CCCC1[C@H](OC)[C@@H](C)C(=O)N[C@@H](Cc1ccccc1)c1nn[nH]n1)OC)N(C)C(=O)[C@@H](CC(=O)C(C(C)C)N(C)C(=O)OCc1ccc(NC(=O)[C@H](CCCNC(N)=O)CC(=O)C(NC(=O)CCCCCN2C(=O)C=CC2=O)C(C)C)cc1)C(C)C. The molecule has 1 fully saturated rings. The highest BCUT2D eigenvalue weighted by Crippen LogP contribution is 2.32. The standard InChI is InChI=1S/C70H105N13O14/c1-14-45(8)63(56(95-12)40-60(89)82-36-22-26-53(82)64(96-13)46(9)66(90)74-52(65-76-78-79-77-65)37-47-23-17-15-18-24-47)80(10)68(92)51(42(2)3)39-55(85)62(44(6)7)81(11)70(94)97-41-48-28-30-50(31-29-48)73-67(91)49(25-21-34-72-69(71)93)38-54(84)61(43(4)5)75-57(86)27-19-16-20-35-83-58(87)32-33-59(83)88/h15,17-18,23-24,28-33,42-46,49,51-53,56,61-64H,14,16,19-22,25-27,34-41H2,1-13H3,(H,73,91)(H,74,90)(H,75,86)(H3,71,72,93)(H,76,77,78,79)/t45-,46+,49+,51-,52-,53?,56+,61?,62?,63-,64+/m0/s1. The van der Waals surface area contributed by atoms with E-state index in [-0.39, 0.29) is 122 Å². The Morgan fingerprint density at radius 3 is 2.02 bits per heavy atom. The number of imide groups is 1. The largest absolute Gasteiger partial charge is 0.445 e. The first-order valence-corrected chi connectivity index (χ1v) is 34.0. The van der Waals surface area contributed by atoms with Crippen molar-refractivity contribution in [3.8, 4) is 0 Å². The van der Waals surface area contributed by atoms with E-state index in [1.807, 2.05) is 71.9 Å². The van der Waals surface area contributed by atoms with E-state index in [1.165, 1.54) is 38.3 Å². The number of H-pyrrole nitrogens is 1. The van der Waals surface area contributed by atoms with Crippen LogP contribution in [0.25, 0.3) is 0 Å². The molecule has 2 aliphatic rings. The number of anilines is 1. The lowest BCUT2D eigenvalue weighted by Gasteiger charge is -2.41. The predicted molar refractivity (Wildman–Crippen MR) is 362 cm³/mol. The Hall–Kier alpha value is -8.46. The van der Waals surface area contributed by atoms with Crippen LogP contribution in [0.5, 0.6) is 0 Å². The smallest absolute Gasteiger partial charge is 0.410 e. The summed E-state index contributed by atoms with van der Waals surface area (Å²) in [5.74, 6) is -6.26. The number of carbonyl (C=O) groups excluding carboxylic acids is 11. The molecule has 27 heteroatoms. The monoisotopic (exact) mass is 1350 g/mol. The topological polar surface area (TPSA) is 357 Å². The molecule has 2 aliphatic heterocycles. The summed E-state index contributed by atoms with van der Waals surface area (Å²) in [7, 11) is 6.21. The fraction of sp³-hybridized carbons (Fsp3) is 0.629. The number of benzene rings is 2. The normalized spacial score (nSPS) is 17.0. The first-order chi connectivity index (χ1) is 46.1. The second kappa shape index (κ2) is 39.1. The quantitative estimate of drug-likeness (QED) is 0.0256. The molecule has 3 heterocycles. The van der Waals surface area contributed by atoms with Gasteiger partial charge in [-0.3, -0.25) is 48.1 Å². The van der Waals surface area contributed by atoms with Gasteiger partial charge in [0.1, 0.15) is 6.61 Å². The van der Waals surface area contributed by atoms with E-state index >= 15 is 0 Å². The van der Waals surface area contributed by atoms with E-state index in [0.29, 0.717) is 75.0 Å². The Morgan fingerprint density at radius 2 is 1.43 bits per heavy atom. The van der Waals surface area contributed by atoms with Crippen LogP contribution >= 0.6 is 0 Å². The van der Waals surface area contributed by atoms with Crippen molar-refractivity contribution in [1.82, 2.24) is 56.2 Å². The molecule has 534 valence electrons. The maximum absolute atomic E-state index is 14.9. The van der Waals surface area contributed by atoms with Gasteiger partial charge in [0, 0.05) is 103 Å². The van der Waals surface area contributed by atoms with E-state index in [2.05, 4.69) is 41.9 Å². The van der Waals surface area contributed by atoms with Crippen LogP contribution in [0.15, 0.2) is 66.7 Å². The number of urea groups is 1. The first kappa shape index (κ1) is 79.2. The highest BCUT2D eigenvalue weighted by atomic mass is 16.6. The summed E-state index contributed by atoms with van der Waals surface area (Å²) >= 11 is 0. The summed E-state index contributed by atoms with van der Waals surface area (Å²) in [4.78, 5) is 154. The Morgan fingerprint density at radius 1 is 0.753 bits per heavy atom. The summed E-state index contributed by atoms with van der Waals surface area (Å²) < 4.78 is 17.9. The van der Waals surface area contributed by atoms with Gasteiger partial charge in [0.05, 0.1) is 54.8 Å². The van der Waals surface area contributed by atoms with Crippen LogP contribution in [0.3, 0.4) is 0 Å². The third-order valence-electron chi connectivity index (χ3n) is 18.7. The minimum absolute atomic E-state index is 0.0730. The Balaban J connectivity index is 1.18. The van der Waals surface area contributed by atoms with Crippen molar-refractivity contribution in [2.24, 2.45) is 47.2 Å². The zero-order valence-electron chi connectivity index (χ0n) is 58.9. The highest BCUT2D eigenvalue weighted by Gasteiger charge is 2.44. The van der Waals surface area contributed by atoms with Crippen molar-refractivity contribution in [2.45, 2.75) is 195 Å². The van der Waals surface area contributed by atoms with Crippen molar-refractivity contribution in [3.05, 3.63) is 83.7 Å². The summed E-state index contributed by atoms with van der Waals surface area (Å²) in [5.41, 5.74) is 7.17. The van der Waals surface area contributed by atoms with Gasteiger partial charge in [-0.1, -0.05) is 123 Å². The van der Waals surface area contributed by atoms with Crippen LogP contribution in [-0.2, 0) is 70.4 Å². The van der Waals surface area contributed by atoms with E-state index < -0.39 is 78.2 Å². The number of rotatable bonds is 41. The summed E-state index contributed by atoms with van der Waals surface area (Å²) in [6, 6.07) is 12.0. The third-order valence-corrected chi connectivity index (χ3v) is 18.7. The van der Waals surface area contributed by atoms with E-state index in [9.17, 15) is 52.7 Å². The number of methoxy groups -OCH3 is 2. The molecule has 0 aliphatic carbocycles. The maximum atomic E-state index is 14.9. The molecule has 7 N–H and O–H groups in total. The van der Waals surface area contributed by atoms with E-state index in [1.54, 1.807) is 61.9 Å². The van der Waals surface area contributed by atoms with Crippen LogP contribution in [0.2, 0.25) is 0 Å². The summed E-state index contributed by atoms with van der Waals surface area (Å²) in [6.45, 7) is 17.3. The van der Waals surface area contributed by atoms with E-state index in [0.717, 1.165) is 10.5 Å². The van der Waals surface area contributed by atoms with Gasteiger partial charge in [-0.25, -0.2) is 9.59 Å². The first-order valence-electron chi connectivity index (χ1n) is 34.0. The number of nitrogens with zero attached hydrogens (tertiary/aromatic N) is 7. The van der Waals surface area contributed by atoms with Gasteiger partial charge in [-0.2, -0.15) is 5.21 Å². The second-order valence-corrected chi connectivity index (χ2v) is 26.7. The van der Waals surface area contributed by atoms with Gasteiger partial charge in [-0.05, 0) is 85.5 Å². The minimum Gasteiger partial charge on any atom is -0.445 e. The zero-order valence-corrected chi connectivity index (χ0v) is 58.9. The average Bonchev–Trinajstić information content (AvgIpc) is 1.80. The van der Waals surface area contributed by atoms with Crippen molar-refractivity contribution in [3.63, 3.8) is 0 Å². The summed E-state index contributed by atoms with van der Waals surface area (Å²) in [5, 5.41) is 25.8. The van der Waals surface area contributed by atoms with Crippen LogP contribution in [0.4, 0.5) is 15.3 Å². The number of tetrazole rings is 1. The number of hydrogen-bond donors (Lipinski definition) is 6. The maximum Gasteiger partial charge on any atom is 0.410 e. The molecule has 97 heavy (non-hydrogen) atoms. The molecule has 10 amide bonds. The number of hydrogen-bond acceptors (Lipinski definition) is 17. The number of likely N-dealkylation sites (tertiary alicyclic amines) is 1. The van der Waals surface area contributed by atoms with Crippen LogP contribution < -0.4 is 27.0 Å². The number of likely N-dealkylation sites (N-methyl/N-ethyl adjacent to an activating group) is 2. The average molecular weight is 1350 g/mol. The number of nitrogens with one attached hydrogen (secondary N) is 5. The number of carbonyl (C=O) groups is 11. The molecule has 0 radical (unpaired) electrons. The van der Waals surface area contributed by atoms with Crippen molar-refractivity contribution in [2.75, 3.05) is 53.3 Å². The van der Waals surface area contributed by atoms with Crippen molar-refractivity contribution < 1.29 is 67.0 Å². The molecule has 3 aromatic rings. The molecular formula is C70H105N13O14. The fourth-order valence-electron chi connectivity index (χ4n) is 13.0. The van der Waals surface area contributed by atoms with Crippen molar-refractivity contribution >= 4 is 70.7 Å². The number of aromatic amines is 1. The molecule has 2 aromatic carbocycles. The lowest BCUT2D eigenvalue weighted by Crippen LogP contribution is -2.54. The van der Waals surface area contributed by atoms with Gasteiger partial charge >= 0.3 is 12.1 Å². The lowest BCUT2D eigenvalue weighted by atomic mass is 9.83. The molecule has 5 rings (SSSR count). The van der Waals surface area contributed by atoms with Crippen LogP contribution in [-0.4, -0.2) is 190 Å². The van der Waals surface area contributed by atoms with Crippen molar-refractivity contribution in [1.29, 1.82) is 0 Å². The number of nitrogens with two attached hydrogens (primary N) is 1. The molecule has 1 saturated heterocycles. The Labute approximate surface area is 570 Å². The van der Waals surface area contributed by atoms with Gasteiger partial charge in [0.25, 0.3) is 11.8 Å². The fourth-order valence-corrected chi connectivity index (χ4v) is 13.0. The molecule has 1 aromatic heterocycles. The highest BCUT2D eigenvalue weighted by molar-refractivity contribution is 6.12. The second-order valence-electron chi connectivity index (χ2n) is 26.7. The van der Waals surface area contributed by atoms with Gasteiger partial charge in [-0.15, -0.1) is 10.2 Å². The van der Waals surface area contributed by atoms with Crippen LogP contribution in [0.1, 0.15) is 162 Å². The number of amides is 10.